The van der Waals surface area contributed by atoms with Crippen molar-refractivity contribution < 1.29 is 13.5 Å². The normalized spacial score (nSPS) is 14.4. The summed E-state index contributed by atoms with van der Waals surface area (Å²) in [5.41, 5.74) is 1.84. The number of aliphatic hydroxyl groups excluding tert-OH is 1. The zero-order chi connectivity index (χ0) is 16.9. The van der Waals surface area contributed by atoms with Gasteiger partial charge in [-0.3, -0.25) is 0 Å². The molecule has 124 valence electrons. The number of aryl methyl sites for hydroxylation is 1. The summed E-state index contributed by atoms with van der Waals surface area (Å²) in [4.78, 5) is 0.334. The molecule has 0 aromatic heterocycles. The maximum atomic E-state index is 12.3. The van der Waals surface area contributed by atoms with Crippen molar-refractivity contribution in [3.05, 3.63) is 65.7 Å². The lowest BCUT2D eigenvalue weighted by Crippen LogP contribution is -2.35. The molecule has 4 nitrogen and oxygen atoms in total. The Labute approximate surface area is 138 Å². The maximum absolute atomic E-state index is 12.3. The molecule has 5 heteroatoms. The molecule has 0 bridgehead atoms. The minimum atomic E-state index is -3.31. The highest BCUT2D eigenvalue weighted by Crippen LogP contribution is 2.16. The minimum Gasteiger partial charge on any atom is -0.387 e. The van der Waals surface area contributed by atoms with E-state index in [9.17, 15) is 13.5 Å². The molecule has 0 aliphatic rings. The SMILES string of the molecule is Cc1ccc(S(=O)(=O)CCNC(C)C(O)c2ccccc2)cc1. The summed E-state index contributed by atoms with van der Waals surface area (Å²) < 4.78 is 24.5. The van der Waals surface area contributed by atoms with Crippen molar-refractivity contribution in [2.45, 2.75) is 30.9 Å². The summed E-state index contributed by atoms with van der Waals surface area (Å²) in [6.45, 7) is 4.06. The molecule has 2 rings (SSSR count). The maximum Gasteiger partial charge on any atom is 0.179 e. The van der Waals surface area contributed by atoms with Crippen LogP contribution in [0, 0.1) is 6.92 Å². The summed E-state index contributed by atoms with van der Waals surface area (Å²) in [5, 5.41) is 13.3. The predicted octanol–water partition coefficient (Wildman–Crippen LogP) is 2.48. The van der Waals surface area contributed by atoms with E-state index in [1.807, 2.05) is 44.2 Å². The van der Waals surface area contributed by atoms with Crippen LogP contribution in [0.25, 0.3) is 0 Å². The van der Waals surface area contributed by atoms with Crippen LogP contribution in [0.5, 0.6) is 0 Å². The summed E-state index contributed by atoms with van der Waals surface area (Å²) >= 11 is 0. The molecule has 2 aromatic carbocycles. The second-order valence-electron chi connectivity index (χ2n) is 5.73. The van der Waals surface area contributed by atoms with Crippen LogP contribution >= 0.6 is 0 Å². The third kappa shape index (κ3) is 4.89. The predicted molar refractivity (Wildman–Crippen MR) is 92.1 cm³/mol. The average molecular weight is 333 g/mol. The van der Waals surface area contributed by atoms with Gasteiger partial charge in [0.1, 0.15) is 0 Å². The van der Waals surface area contributed by atoms with Gasteiger partial charge in [-0.15, -0.1) is 0 Å². The fraction of sp³-hybridized carbons (Fsp3) is 0.333. The Morgan fingerprint density at radius 1 is 1.04 bits per heavy atom. The van der Waals surface area contributed by atoms with Crippen LogP contribution in [0.4, 0.5) is 0 Å². The second kappa shape index (κ2) is 7.73. The van der Waals surface area contributed by atoms with Crippen LogP contribution in [-0.2, 0) is 9.84 Å². The number of benzene rings is 2. The Balaban J connectivity index is 1.90. The van der Waals surface area contributed by atoms with Gasteiger partial charge in [0.05, 0.1) is 16.8 Å². The second-order valence-corrected chi connectivity index (χ2v) is 7.84. The zero-order valence-electron chi connectivity index (χ0n) is 13.4. The monoisotopic (exact) mass is 333 g/mol. The van der Waals surface area contributed by atoms with Crippen LogP contribution in [0.3, 0.4) is 0 Å². The molecule has 0 aliphatic heterocycles. The smallest absolute Gasteiger partial charge is 0.179 e. The lowest BCUT2D eigenvalue weighted by atomic mass is 10.0. The van der Waals surface area contributed by atoms with Crippen LogP contribution in [-0.4, -0.2) is 31.9 Å². The molecule has 23 heavy (non-hydrogen) atoms. The Kier molecular flexibility index (Phi) is 5.93. The number of rotatable bonds is 7. The van der Waals surface area contributed by atoms with E-state index in [0.717, 1.165) is 11.1 Å². The molecular formula is C18H23NO3S. The Hall–Kier alpha value is -1.69. The third-order valence-electron chi connectivity index (χ3n) is 3.83. The lowest BCUT2D eigenvalue weighted by molar-refractivity contribution is 0.137. The van der Waals surface area contributed by atoms with E-state index in [0.29, 0.717) is 11.4 Å². The Morgan fingerprint density at radius 2 is 1.65 bits per heavy atom. The number of hydrogen-bond acceptors (Lipinski definition) is 4. The van der Waals surface area contributed by atoms with Gasteiger partial charge >= 0.3 is 0 Å². The molecule has 0 saturated heterocycles. The highest BCUT2D eigenvalue weighted by molar-refractivity contribution is 7.91. The largest absolute Gasteiger partial charge is 0.387 e. The van der Waals surface area contributed by atoms with Crippen molar-refractivity contribution in [1.29, 1.82) is 0 Å². The van der Waals surface area contributed by atoms with Crippen LogP contribution in [0.15, 0.2) is 59.5 Å². The summed E-state index contributed by atoms with van der Waals surface area (Å²) in [7, 11) is -3.31. The molecule has 0 spiro atoms. The summed E-state index contributed by atoms with van der Waals surface area (Å²) in [5.74, 6) is 0.00190. The lowest BCUT2D eigenvalue weighted by Gasteiger charge is -2.20. The first-order valence-electron chi connectivity index (χ1n) is 7.66. The first-order valence-corrected chi connectivity index (χ1v) is 9.31. The number of hydrogen-bond donors (Lipinski definition) is 2. The van der Waals surface area contributed by atoms with E-state index in [-0.39, 0.29) is 11.8 Å². The van der Waals surface area contributed by atoms with Gasteiger partial charge in [-0.1, -0.05) is 48.0 Å². The third-order valence-corrected chi connectivity index (χ3v) is 5.56. The van der Waals surface area contributed by atoms with Crippen LogP contribution in [0.1, 0.15) is 24.2 Å². The number of sulfone groups is 1. The van der Waals surface area contributed by atoms with Crippen molar-refractivity contribution in [2.24, 2.45) is 0 Å². The average Bonchev–Trinajstić information content (AvgIpc) is 2.55. The molecule has 2 aromatic rings. The molecule has 2 unspecified atom stereocenters. The first kappa shape index (κ1) is 17.7. The van der Waals surface area contributed by atoms with E-state index in [2.05, 4.69) is 5.32 Å². The van der Waals surface area contributed by atoms with Crippen molar-refractivity contribution in [1.82, 2.24) is 5.32 Å². The quantitative estimate of drug-likeness (QED) is 0.817. The van der Waals surface area contributed by atoms with Gasteiger partial charge < -0.3 is 10.4 Å². The van der Waals surface area contributed by atoms with Crippen LogP contribution < -0.4 is 5.32 Å². The Bertz CT molecular complexity index is 712. The van der Waals surface area contributed by atoms with Crippen molar-refractivity contribution in [2.75, 3.05) is 12.3 Å². The van der Waals surface area contributed by atoms with Gasteiger partial charge in [0.15, 0.2) is 9.84 Å². The Morgan fingerprint density at radius 3 is 2.26 bits per heavy atom. The topological polar surface area (TPSA) is 66.4 Å². The van der Waals surface area contributed by atoms with Crippen molar-refractivity contribution >= 4 is 9.84 Å². The molecule has 0 fully saturated rings. The molecule has 2 atom stereocenters. The molecule has 0 heterocycles. The standard InChI is InChI=1S/C18H23NO3S/c1-14-8-10-17(11-9-14)23(21,22)13-12-19-15(2)18(20)16-6-4-3-5-7-16/h3-11,15,18-20H,12-13H2,1-2H3. The molecular weight excluding hydrogens is 310 g/mol. The summed E-state index contributed by atoms with van der Waals surface area (Å²) in [6.07, 6.45) is -0.668. The first-order chi connectivity index (χ1) is 10.9. The fourth-order valence-corrected chi connectivity index (χ4v) is 3.51. The van der Waals surface area contributed by atoms with Gasteiger partial charge in [-0.05, 0) is 31.5 Å². The molecule has 2 N–H and O–H groups in total. The number of nitrogens with one attached hydrogen (secondary N) is 1. The van der Waals surface area contributed by atoms with Gasteiger partial charge in [0.2, 0.25) is 0 Å². The minimum absolute atomic E-state index is 0.00190. The van der Waals surface area contributed by atoms with E-state index >= 15 is 0 Å². The molecule has 0 saturated carbocycles. The molecule has 0 radical (unpaired) electrons. The fourth-order valence-electron chi connectivity index (χ4n) is 2.33. The number of aliphatic hydroxyl groups is 1. The van der Waals surface area contributed by atoms with E-state index in [1.165, 1.54) is 0 Å². The van der Waals surface area contributed by atoms with E-state index in [1.54, 1.807) is 24.3 Å². The highest BCUT2D eigenvalue weighted by Gasteiger charge is 2.18. The van der Waals surface area contributed by atoms with Gasteiger partial charge in [-0.2, -0.15) is 0 Å². The molecule has 0 amide bonds. The van der Waals surface area contributed by atoms with Crippen molar-refractivity contribution in [3.63, 3.8) is 0 Å². The van der Waals surface area contributed by atoms with E-state index < -0.39 is 15.9 Å². The van der Waals surface area contributed by atoms with Gasteiger partial charge in [0.25, 0.3) is 0 Å². The summed E-state index contributed by atoms with van der Waals surface area (Å²) in [6, 6.07) is 16.0. The molecule has 0 aliphatic carbocycles. The van der Waals surface area contributed by atoms with Crippen LogP contribution in [0.2, 0.25) is 0 Å². The van der Waals surface area contributed by atoms with Gasteiger partial charge in [0, 0.05) is 12.6 Å². The van der Waals surface area contributed by atoms with E-state index in [4.69, 9.17) is 0 Å². The highest BCUT2D eigenvalue weighted by atomic mass is 32.2. The van der Waals surface area contributed by atoms with Crippen molar-refractivity contribution in [3.8, 4) is 0 Å². The van der Waals surface area contributed by atoms with Gasteiger partial charge in [-0.25, -0.2) is 8.42 Å². The zero-order valence-corrected chi connectivity index (χ0v) is 14.3.